The van der Waals surface area contributed by atoms with Gasteiger partial charge in [0.1, 0.15) is 5.01 Å². The van der Waals surface area contributed by atoms with E-state index < -0.39 is 0 Å². The van der Waals surface area contributed by atoms with Crippen LogP contribution in [0.2, 0.25) is 0 Å². The fourth-order valence-electron chi connectivity index (χ4n) is 3.15. The molecule has 1 saturated heterocycles. The van der Waals surface area contributed by atoms with Crippen LogP contribution < -0.4 is 5.32 Å². The molecule has 1 atom stereocenters. The molecule has 1 aliphatic heterocycles. The first-order valence-corrected chi connectivity index (χ1v) is 9.65. The van der Waals surface area contributed by atoms with Gasteiger partial charge in [0.15, 0.2) is 0 Å². The summed E-state index contributed by atoms with van der Waals surface area (Å²) < 4.78 is 5.04. The van der Waals surface area contributed by atoms with Crippen LogP contribution in [0.4, 0.5) is 0 Å². The number of hydrogen-bond donors (Lipinski definition) is 1. The van der Waals surface area contributed by atoms with Crippen molar-refractivity contribution in [2.24, 2.45) is 0 Å². The molecule has 1 aliphatic rings. The van der Waals surface area contributed by atoms with Crippen molar-refractivity contribution in [1.29, 1.82) is 0 Å². The molecule has 1 aromatic carbocycles. The second-order valence-electron chi connectivity index (χ2n) is 6.24. The van der Waals surface area contributed by atoms with Crippen molar-refractivity contribution >= 4 is 17.2 Å². The molecule has 134 valence electrons. The summed E-state index contributed by atoms with van der Waals surface area (Å²) in [6.45, 7) is 3.10. The Hall–Kier alpha value is -1.76. The molecule has 2 aromatic rings. The molecule has 0 saturated carbocycles. The molecule has 6 heteroatoms. The third kappa shape index (κ3) is 4.87. The van der Waals surface area contributed by atoms with E-state index in [9.17, 15) is 4.79 Å². The lowest BCUT2D eigenvalue weighted by molar-refractivity contribution is -0.129. The predicted molar refractivity (Wildman–Crippen MR) is 100 cm³/mol. The highest BCUT2D eigenvalue weighted by atomic mass is 32.1. The van der Waals surface area contributed by atoms with Crippen molar-refractivity contribution in [1.82, 2.24) is 15.2 Å². The molecule has 1 aromatic heterocycles. The molecule has 0 spiro atoms. The van der Waals surface area contributed by atoms with E-state index in [-0.39, 0.29) is 5.91 Å². The number of carbonyl (C=O) groups excluding carboxylic acids is 1. The van der Waals surface area contributed by atoms with Gasteiger partial charge in [-0.15, -0.1) is 11.3 Å². The van der Waals surface area contributed by atoms with Gasteiger partial charge in [0.05, 0.1) is 18.8 Å². The zero-order valence-electron chi connectivity index (χ0n) is 14.6. The number of amides is 1. The highest BCUT2D eigenvalue weighted by Gasteiger charge is 2.31. The maximum Gasteiger partial charge on any atom is 0.223 e. The highest BCUT2D eigenvalue weighted by Crippen LogP contribution is 2.27. The van der Waals surface area contributed by atoms with E-state index in [4.69, 9.17) is 9.72 Å². The third-order valence-electron chi connectivity index (χ3n) is 4.52. The van der Waals surface area contributed by atoms with Gasteiger partial charge in [-0.2, -0.15) is 0 Å². The Bertz CT molecular complexity index is 674. The molecule has 1 fully saturated rings. The van der Waals surface area contributed by atoms with Gasteiger partial charge in [-0.3, -0.25) is 4.79 Å². The molecule has 0 unspecified atom stereocenters. The first-order chi connectivity index (χ1) is 12.3. The molecule has 3 rings (SSSR count). The Morgan fingerprint density at radius 1 is 1.32 bits per heavy atom. The average molecular weight is 359 g/mol. The fraction of sp³-hybridized carbons (Fsp3) is 0.474. The quantitative estimate of drug-likeness (QED) is 0.700. The van der Waals surface area contributed by atoms with Crippen molar-refractivity contribution < 1.29 is 9.53 Å². The number of aromatic nitrogens is 1. The van der Waals surface area contributed by atoms with E-state index in [0.29, 0.717) is 25.6 Å². The number of methoxy groups -OCH3 is 1. The van der Waals surface area contributed by atoms with Crippen molar-refractivity contribution in [3.8, 4) is 11.3 Å². The number of thiazole rings is 1. The molecular weight excluding hydrogens is 334 g/mol. The number of hydrogen-bond acceptors (Lipinski definition) is 5. The lowest BCUT2D eigenvalue weighted by Crippen LogP contribution is -2.35. The Morgan fingerprint density at radius 3 is 2.96 bits per heavy atom. The lowest BCUT2D eigenvalue weighted by atomic mass is 10.1. The largest absolute Gasteiger partial charge is 0.383 e. The van der Waals surface area contributed by atoms with Gasteiger partial charge in [0.2, 0.25) is 5.91 Å². The summed E-state index contributed by atoms with van der Waals surface area (Å²) in [5, 5.41) is 6.44. The Labute approximate surface area is 153 Å². The summed E-state index contributed by atoms with van der Waals surface area (Å²) >= 11 is 1.63. The van der Waals surface area contributed by atoms with Gasteiger partial charge in [-0.1, -0.05) is 30.3 Å². The molecule has 0 bridgehead atoms. The Balaban J connectivity index is 1.56. The minimum atomic E-state index is 0.248. The number of nitrogens with zero attached hydrogens (tertiary/aromatic N) is 2. The molecule has 2 heterocycles. The topological polar surface area (TPSA) is 54.5 Å². The minimum absolute atomic E-state index is 0.248. The van der Waals surface area contributed by atoms with Crippen LogP contribution >= 0.6 is 11.3 Å². The van der Waals surface area contributed by atoms with Crippen LogP contribution in [-0.2, 0) is 16.1 Å². The summed E-state index contributed by atoms with van der Waals surface area (Å²) in [6.07, 6.45) is 2.58. The first kappa shape index (κ1) is 18.0. The van der Waals surface area contributed by atoms with Gasteiger partial charge in [-0.25, -0.2) is 4.98 Å². The zero-order chi connectivity index (χ0) is 17.5. The smallest absolute Gasteiger partial charge is 0.223 e. The second-order valence-corrected chi connectivity index (χ2v) is 7.18. The molecule has 0 aliphatic carbocycles. The summed E-state index contributed by atoms with van der Waals surface area (Å²) in [7, 11) is 1.71. The number of benzene rings is 1. The minimum Gasteiger partial charge on any atom is -0.383 e. The molecule has 1 amide bonds. The molecule has 0 radical (unpaired) electrons. The van der Waals surface area contributed by atoms with Crippen LogP contribution in [0.1, 0.15) is 24.3 Å². The van der Waals surface area contributed by atoms with Crippen LogP contribution in [0, 0.1) is 0 Å². The number of nitrogens with one attached hydrogen (secondary N) is 1. The van der Waals surface area contributed by atoms with Crippen molar-refractivity contribution in [2.45, 2.75) is 31.8 Å². The van der Waals surface area contributed by atoms with Gasteiger partial charge < -0.3 is 15.0 Å². The summed E-state index contributed by atoms with van der Waals surface area (Å²) in [5.74, 6) is 0.248. The first-order valence-electron chi connectivity index (χ1n) is 8.77. The molecular formula is C19H25N3O2S. The second kappa shape index (κ2) is 9.08. The van der Waals surface area contributed by atoms with Gasteiger partial charge in [0, 0.05) is 37.1 Å². The number of carbonyl (C=O) groups is 1. The number of rotatable bonds is 9. The molecule has 25 heavy (non-hydrogen) atoms. The Kier molecular flexibility index (Phi) is 6.55. The lowest BCUT2D eigenvalue weighted by Gasteiger charge is -2.24. The van der Waals surface area contributed by atoms with Crippen molar-refractivity contribution in [3.63, 3.8) is 0 Å². The van der Waals surface area contributed by atoms with E-state index in [1.165, 1.54) is 0 Å². The van der Waals surface area contributed by atoms with Crippen LogP contribution in [0.5, 0.6) is 0 Å². The summed E-state index contributed by atoms with van der Waals surface area (Å²) in [6, 6.07) is 10.5. The van der Waals surface area contributed by atoms with E-state index in [0.717, 1.165) is 42.2 Å². The molecule has 5 nitrogen and oxygen atoms in total. The van der Waals surface area contributed by atoms with Gasteiger partial charge in [-0.05, 0) is 19.4 Å². The van der Waals surface area contributed by atoms with E-state index in [1.54, 1.807) is 18.4 Å². The normalized spacial score (nSPS) is 17.4. The maximum absolute atomic E-state index is 12.3. The van der Waals surface area contributed by atoms with Crippen molar-refractivity contribution in [2.75, 3.05) is 26.8 Å². The van der Waals surface area contributed by atoms with Gasteiger partial charge >= 0.3 is 0 Å². The SMILES string of the molecule is COCCNCC[C@H]1CCC(=O)N1Cc1nc(-c2ccccc2)cs1. The third-order valence-corrected chi connectivity index (χ3v) is 5.35. The standard InChI is InChI=1S/C19H25N3O2S/c1-24-12-11-20-10-9-16-7-8-19(23)22(16)13-18-21-17(14-25-18)15-5-3-2-4-6-15/h2-6,14,16,20H,7-13H2,1H3/t16-/m1/s1. The summed E-state index contributed by atoms with van der Waals surface area (Å²) in [4.78, 5) is 19.0. The zero-order valence-corrected chi connectivity index (χ0v) is 15.4. The van der Waals surface area contributed by atoms with Gasteiger partial charge in [0.25, 0.3) is 0 Å². The van der Waals surface area contributed by atoms with Crippen LogP contribution in [0.3, 0.4) is 0 Å². The molecule has 1 N–H and O–H groups in total. The number of likely N-dealkylation sites (tertiary alicyclic amines) is 1. The predicted octanol–water partition coefficient (Wildman–Crippen LogP) is 2.93. The van der Waals surface area contributed by atoms with Crippen LogP contribution in [-0.4, -0.2) is 48.6 Å². The summed E-state index contributed by atoms with van der Waals surface area (Å²) in [5.41, 5.74) is 2.11. The fourth-order valence-corrected chi connectivity index (χ4v) is 3.95. The van der Waals surface area contributed by atoms with Crippen LogP contribution in [0.15, 0.2) is 35.7 Å². The van der Waals surface area contributed by atoms with E-state index in [2.05, 4.69) is 22.8 Å². The number of ether oxygens (including phenoxy) is 1. The average Bonchev–Trinajstić information content (AvgIpc) is 3.24. The van der Waals surface area contributed by atoms with Crippen molar-refractivity contribution in [3.05, 3.63) is 40.7 Å². The Morgan fingerprint density at radius 2 is 2.16 bits per heavy atom. The van der Waals surface area contributed by atoms with E-state index >= 15 is 0 Å². The highest BCUT2D eigenvalue weighted by molar-refractivity contribution is 7.09. The maximum atomic E-state index is 12.3. The van der Waals surface area contributed by atoms with E-state index in [1.807, 2.05) is 23.1 Å². The monoisotopic (exact) mass is 359 g/mol. The van der Waals surface area contributed by atoms with Crippen LogP contribution in [0.25, 0.3) is 11.3 Å².